The van der Waals surface area contributed by atoms with E-state index in [1.54, 1.807) is 39.1 Å². The van der Waals surface area contributed by atoms with Gasteiger partial charge in [-0.2, -0.15) is 0 Å². The van der Waals surface area contributed by atoms with Gasteiger partial charge in [-0.1, -0.05) is 23.2 Å². The van der Waals surface area contributed by atoms with Gasteiger partial charge in [-0.3, -0.25) is 9.59 Å². The minimum Gasteiger partial charge on any atom is -0.369 e. The lowest BCUT2D eigenvalue weighted by molar-refractivity contribution is -0.142. The van der Waals surface area contributed by atoms with Gasteiger partial charge >= 0.3 is 0 Å². The van der Waals surface area contributed by atoms with Crippen LogP contribution in [0.1, 0.15) is 13.8 Å². The molecule has 0 aliphatic heterocycles. The Morgan fingerprint density at radius 2 is 2.00 bits per heavy atom. The van der Waals surface area contributed by atoms with E-state index in [1.807, 2.05) is 0 Å². The van der Waals surface area contributed by atoms with E-state index in [1.165, 1.54) is 4.90 Å². The number of hydrogen-bond acceptors (Lipinski definition) is 3. The van der Waals surface area contributed by atoms with Gasteiger partial charge in [-0.05, 0) is 32.0 Å². The van der Waals surface area contributed by atoms with E-state index in [2.05, 4.69) is 5.32 Å². The first-order valence-corrected chi connectivity index (χ1v) is 7.22. The molecule has 1 N–H and O–H groups in total. The number of halogens is 2. The van der Waals surface area contributed by atoms with E-state index < -0.39 is 6.10 Å². The van der Waals surface area contributed by atoms with Crippen LogP contribution >= 0.6 is 23.2 Å². The van der Waals surface area contributed by atoms with Crippen LogP contribution in [0.5, 0.6) is 0 Å². The number of ether oxygens (including phenoxy) is 1. The van der Waals surface area contributed by atoms with Crippen molar-refractivity contribution in [2.24, 2.45) is 0 Å². The molecular formula is C14H18Cl2N2O3. The van der Waals surface area contributed by atoms with Crippen LogP contribution in [0.3, 0.4) is 0 Å². The van der Waals surface area contributed by atoms with Crippen LogP contribution in [0.2, 0.25) is 10.0 Å². The van der Waals surface area contributed by atoms with Gasteiger partial charge < -0.3 is 15.0 Å². The highest BCUT2D eigenvalue weighted by atomic mass is 35.5. The topological polar surface area (TPSA) is 58.6 Å². The molecule has 0 aliphatic carbocycles. The van der Waals surface area contributed by atoms with E-state index in [0.29, 0.717) is 22.3 Å². The summed E-state index contributed by atoms with van der Waals surface area (Å²) < 4.78 is 5.20. The van der Waals surface area contributed by atoms with Crippen LogP contribution in [0, 0.1) is 0 Å². The fraction of sp³-hybridized carbons (Fsp3) is 0.429. The summed E-state index contributed by atoms with van der Waals surface area (Å²) in [7, 11) is 1.55. The summed E-state index contributed by atoms with van der Waals surface area (Å²) in [5, 5.41) is 3.41. The number of carbonyl (C=O) groups excluding carboxylic acids is 2. The average Bonchev–Trinajstić information content (AvgIpc) is 2.42. The minimum atomic E-state index is -0.572. The summed E-state index contributed by atoms with van der Waals surface area (Å²) in [6.45, 7) is 3.83. The maximum atomic E-state index is 11.9. The maximum absolute atomic E-state index is 11.9. The molecule has 0 bridgehead atoms. The number of nitrogens with zero attached hydrogens (tertiary/aromatic N) is 1. The summed E-state index contributed by atoms with van der Waals surface area (Å²) >= 11 is 11.7. The molecule has 0 heterocycles. The lowest BCUT2D eigenvalue weighted by Crippen LogP contribution is -2.40. The molecule has 1 aromatic rings. The highest BCUT2D eigenvalue weighted by Gasteiger charge is 2.19. The third-order valence-corrected chi connectivity index (χ3v) is 3.46. The second-order valence-electron chi connectivity index (χ2n) is 4.47. The van der Waals surface area contributed by atoms with Crippen molar-refractivity contribution in [2.45, 2.75) is 20.0 Å². The molecular weight excluding hydrogens is 315 g/mol. The molecule has 0 unspecified atom stereocenters. The smallest absolute Gasteiger partial charge is 0.251 e. The molecule has 5 nitrogen and oxygen atoms in total. The van der Waals surface area contributed by atoms with Gasteiger partial charge in [0, 0.05) is 19.3 Å². The Morgan fingerprint density at radius 3 is 2.57 bits per heavy atom. The molecule has 0 fully saturated rings. The van der Waals surface area contributed by atoms with Crippen molar-refractivity contribution in [3.63, 3.8) is 0 Å². The second-order valence-corrected chi connectivity index (χ2v) is 5.28. The van der Waals surface area contributed by atoms with E-state index >= 15 is 0 Å². The molecule has 1 aromatic carbocycles. The molecule has 1 atom stereocenters. The van der Waals surface area contributed by atoms with Gasteiger partial charge in [-0.15, -0.1) is 0 Å². The molecule has 2 amide bonds. The molecule has 0 aromatic heterocycles. The molecule has 116 valence electrons. The van der Waals surface area contributed by atoms with Crippen molar-refractivity contribution >= 4 is 40.7 Å². The highest BCUT2D eigenvalue weighted by Crippen LogP contribution is 2.24. The first-order valence-electron chi connectivity index (χ1n) is 6.46. The van der Waals surface area contributed by atoms with E-state index in [0.717, 1.165) is 0 Å². The fourth-order valence-corrected chi connectivity index (χ4v) is 2.00. The predicted octanol–water partition coefficient (Wildman–Crippen LogP) is 2.82. The predicted molar refractivity (Wildman–Crippen MR) is 83.8 cm³/mol. The van der Waals surface area contributed by atoms with Gasteiger partial charge in [0.15, 0.2) is 0 Å². The van der Waals surface area contributed by atoms with Crippen LogP contribution in [0.25, 0.3) is 0 Å². The van der Waals surface area contributed by atoms with E-state index in [9.17, 15) is 9.59 Å². The number of amides is 2. The number of likely N-dealkylation sites (N-methyl/N-ethyl adjacent to an activating group) is 1. The Balaban J connectivity index is 2.56. The van der Waals surface area contributed by atoms with Gasteiger partial charge in [0.1, 0.15) is 6.10 Å². The zero-order chi connectivity index (χ0) is 16.0. The van der Waals surface area contributed by atoms with Crippen LogP contribution in [-0.4, -0.2) is 43.0 Å². The molecule has 21 heavy (non-hydrogen) atoms. The molecule has 0 radical (unpaired) electrons. The number of anilines is 1. The van der Waals surface area contributed by atoms with Crippen molar-refractivity contribution in [2.75, 3.05) is 25.5 Å². The Kier molecular flexibility index (Phi) is 6.95. The summed E-state index contributed by atoms with van der Waals surface area (Å²) in [6.07, 6.45) is -0.572. The zero-order valence-corrected chi connectivity index (χ0v) is 13.7. The molecule has 0 spiro atoms. The number of rotatable bonds is 6. The zero-order valence-electron chi connectivity index (χ0n) is 12.2. The highest BCUT2D eigenvalue weighted by molar-refractivity contribution is 6.42. The van der Waals surface area contributed by atoms with Crippen LogP contribution in [0.4, 0.5) is 5.69 Å². The first kappa shape index (κ1) is 17.8. The SMILES string of the molecule is CCO[C@H](C)C(=O)N(C)CC(=O)Nc1ccc(Cl)c(Cl)c1. The quantitative estimate of drug-likeness (QED) is 0.871. The normalized spacial score (nSPS) is 11.9. The Labute approximate surface area is 134 Å². The van der Waals surface area contributed by atoms with Crippen molar-refractivity contribution in [3.05, 3.63) is 28.2 Å². The standard InChI is InChI=1S/C14H18Cl2N2O3/c1-4-21-9(2)14(20)18(3)8-13(19)17-10-5-6-11(15)12(16)7-10/h5-7,9H,4,8H2,1-3H3,(H,17,19)/t9-/m1/s1. The van der Waals surface area contributed by atoms with Gasteiger partial charge in [0.25, 0.3) is 5.91 Å². The summed E-state index contributed by atoms with van der Waals surface area (Å²) in [6, 6.07) is 4.77. The van der Waals surface area contributed by atoms with E-state index in [4.69, 9.17) is 27.9 Å². The molecule has 7 heteroatoms. The lowest BCUT2D eigenvalue weighted by Gasteiger charge is -2.20. The number of carbonyl (C=O) groups is 2. The van der Waals surface area contributed by atoms with Crippen molar-refractivity contribution < 1.29 is 14.3 Å². The summed E-state index contributed by atoms with van der Waals surface area (Å²) in [5.41, 5.74) is 0.521. The molecule has 1 rings (SSSR count). The second kappa shape index (κ2) is 8.22. The third kappa shape index (κ3) is 5.53. The van der Waals surface area contributed by atoms with Crippen molar-refractivity contribution in [3.8, 4) is 0 Å². The molecule has 0 saturated heterocycles. The Morgan fingerprint density at radius 1 is 1.33 bits per heavy atom. The van der Waals surface area contributed by atoms with Crippen molar-refractivity contribution in [1.29, 1.82) is 0 Å². The van der Waals surface area contributed by atoms with Crippen LogP contribution < -0.4 is 5.32 Å². The van der Waals surface area contributed by atoms with Gasteiger partial charge in [0.2, 0.25) is 5.91 Å². The van der Waals surface area contributed by atoms with Gasteiger partial charge in [-0.25, -0.2) is 0 Å². The number of nitrogens with one attached hydrogen (secondary N) is 1. The first-order chi connectivity index (χ1) is 9.85. The average molecular weight is 333 g/mol. The van der Waals surface area contributed by atoms with Crippen molar-refractivity contribution in [1.82, 2.24) is 4.90 Å². The minimum absolute atomic E-state index is 0.0729. The van der Waals surface area contributed by atoms with Gasteiger partial charge in [0.05, 0.1) is 16.6 Å². The Hall–Kier alpha value is -1.30. The van der Waals surface area contributed by atoms with Crippen LogP contribution in [0.15, 0.2) is 18.2 Å². The van der Waals surface area contributed by atoms with Crippen LogP contribution in [-0.2, 0) is 14.3 Å². The summed E-state index contributed by atoms with van der Waals surface area (Å²) in [4.78, 5) is 25.1. The number of hydrogen-bond donors (Lipinski definition) is 1. The number of benzene rings is 1. The maximum Gasteiger partial charge on any atom is 0.251 e. The largest absolute Gasteiger partial charge is 0.369 e. The molecule has 0 saturated carbocycles. The Bertz CT molecular complexity index is 523. The third-order valence-electron chi connectivity index (χ3n) is 2.72. The fourth-order valence-electron chi connectivity index (χ4n) is 1.70. The monoisotopic (exact) mass is 332 g/mol. The lowest BCUT2D eigenvalue weighted by atomic mass is 10.3. The summed E-state index contributed by atoms with van der Waals surface area (Å²) in [5.74, 6) is -0.575. The van der Waals surface area contributed by atoms with E-state index in [-0.39, 0.29) is 18.4 Å². The molecule has 0 aliphatic rings.